The fourth-order valence-electron chi connectivity index (χ4n) is 2.19. The van der Waals surface area contributed by atoms with E-state index >= 15 is 0 Å². The van der Waals surface area contributed by atoms with Crippen molar-refractivity contribution in [3.63, 3.8) is 0 Å². The van der Waals surface area contributed by atoms with Gasteiger partial charge in [-0.15, -0.1) is 0 Å². The Bertz CT molecular complexity index is 703. The van der Waals surface area contributed by atoms with Crippen LogP contribution in [0.3, 0.4) is 0 Å². The van der Waals surface area contributed by atoms with E-state index < -0.39 is 11.7 Å². The van der Waals surface area contributed by atoms with Crippen LogP contribution in [0.2, 0.25) is 0 Å². The molecule has 0 aliphatic carbocycles. The largest absolute Gasteiger partial charge is 0.508 e. The molecule has 0 spiro atoms. The number of aliphatic hydroxyl groups is 2. The van der Waals surface area contributed by atoms with Gasteiger partial charge >= 0.3 is 0 Å². The first-order chi connectivity index (χ1) is 11.2. The van der Waals surface area contributed by atoms with E-state index in [2.05, 4.69) is 0 Å². The summed E-state index contributed by atoms with van der Waals surface area (Å²) in [7, 11) is 0. The van der Waals surface area contributed by atoms with Crippen molar-refractivity contribution in [2.24, 2.45) is 0 Å². The normalized spacial score (nSPS) is 13.3. The van der Waals surface area contributed by atoms with Gasteiger partial charge in [-0.25, -0.2) is 0 Å². The third-order valence-corrected chi connectivity index (χ3v) is 3.80. The molecule has 0 radical (unpaired) electrons. The Balaban J connectivity index is 2.21. The number of phenols is 3. The number of aliphatic hydroxyl groups excluding tert-OH is 1. The Hall–Kier alpha value is -2.50. The zero-order chi connectivity index (χ0) is 17.9. The van der Waals surface area contributed by atoms with E-state index in [0.29, 0.717) is 5.56 Å². The van der Waals surface area contributed by atoms with Crippen LogP contribution < -0.4 is 0 Å². The van der Waals surface area contributed by atoms with Crippen LogP contribution in [0, 0.1) is 0 Å². The van der Waals surface area contributed by atoms with Gasteiger partial charge in [0.1, 0.15) is 17.2 Å². The van der Waals surface area contributed by atoms with E-state index in [4.69, 9.17) is 0 Å². The topological polar surface area (TPSA) is 101 Å². The fraction of sp³-hybridized carbons (Fsp3) is 0.263. The summed E-state index contributed by atoms with van der Waals surface area (Å²) in [4.78, 5) is 0. The molecule has 2 aromatic carbocycles. The molecule has 0 aromatic heterocycles. The Labute approximate surface area is 140 Å². The first-order valence-corrected chi connectivity index (χ1v) is 7.59. The Morgan fingerprint density at radius 3 is 1.92 bits per heavy atom. The van der Waals surface area contributed by atoms with Gasteiger partial charge < -0.3 is 25.5 Å². The van der Waals surface area contributed by atoms with Gasteiger partial charge in [-0.3, -0.25) is 0 Å². The Kier molecular flexibility index (Phi) is 5.17. The molecule has 5 heteroatoms. The second-order valence-corrected chi connectivity index (χ2v) is 6.34. The molecular weight excluding hydrogens is 308 g/mol. The van der Waals surface area contributed by atoms with Crippen LogP contribution in [-0.2, 0) is 6.42 Å². The molecule has 2 rings (SSSR count). The van der Waals surface area contributed by atoms with E-state index in [1.54, 1.807) is 36.4 Å². The second kappa shape index (κ2) is 6.95. The number of rotatable bonds is 5. The first-order valence-electron chi connectivity index (χ1n) is 7.59. The third kappa shape index (κ3) is 4.50. The lowest BCUT2D eigenvalue weighted by molar-refractivity contribution is -0.0472. The van der Waals surface area contributed by atoms with E-state index in [9.17, 15) is 25.5 Å². The van der Waals surface area contributed by atoms with Gasteiger partial charge in [0, 0.05) is 12.0 Å². The summed E-state index contributed by atoms with van der Waals surface area (Å²) in [5.41, 5.74) is 0.287. The van der Waals surface area contributed by atoms with Crippen molar-refractivity contribution >= 4 is 12.2 Å². The SMILES string of the molecule is CC(C)(O)[C@H](O)Cc1c(O)cc(/C=C/c2ccc(O)cc2)cc1O. The molecule has 5 N–H and O–H groups in total. The summed E-state index contributed by atoms with van der Waals surface area (Å²) >= 11 is 0. The third-order valence-electron chi connectivity index (χ3n) is 3.80. The number of benzene rings is 2. The molecule has 0 amide bonds. The predicted octanol–water partition coefficient (Wildman–Crippen LogP) is 2.65. The molecule has 128 valence electrons. The molecule has 0 heterocycles. The summed E-state index contributed by atoms with van der Waals surface area (Å²) < 4.78 is 0. The van der Waals surface area contributed by atoms with E-state index in [1.165, 1.54) is 26.0 Å². The van der Waals surface area contributed by atoms with Crippen LogP contribution in [0.15, 0.2) is 36.4 Å². The van der Waals surface area contributed by atoms with Crippen LogP contribution in [0.1, 0.15) is 30.5 Å². The number of phenolic OH excluding ortho intramolecular Hbond substituents is 3. The van der Waals surface area contributed by atoms with Crippen molar-refractivity contribution in [2.45, 2.75) is 32.0 Å². The van der Waals surface area contributed by atoms with Gasteiger partial charge in [-0.1, -0.05) is 24.3 Å². The lowest BCUT2D eigenvalue weighted by atomic mass is 9.93. The summed E-state index contributed by atoms with van der Waals surface area (Å²) in [6.07, 6.45) is 2.30. The average molecular weight is 330 g/mol. The fourth-order valence-corrected chi connectivity index (χ4v) is 2.19. The smallest absolute Gasteiger partial charge is 0.123 e. The maximum atomic E-state index is 10.1. The molecule has 2 aromatic rings. The molecule has 24 heavy (non-hydrogen) atoms. The van der Waals surface area contributed by atoms with Crippen LogP contribution in [0.4, 0.5) is 0 Å². The summed E-state index contributed by atoms with van der Waals surface area (Å²) in [6.45, 7) is 2.92. The maximum Gasteiger partial charge on any atom is 0.123 e. The summed E-state index contributed by atoms with van der Waals surface area (Å²) in [6, 6.07) is 9.55. The highest BCUT2D eigenvalue weighted by Gasteiger charge is 2.26. The van der Waals surface area contributed by atoms with Gasteiger partial charge in [0.2, 0.25) is 0 Å². The monoisotopic (exact) mass is 330 g/mol. The van der Waals surface area contributed by atoms with Crippen molar-refractivity contribution < 1.29 is 25.5 Å². The minimum atomic E-state index is -1.34. The van der Waals surface area contributed by atoms with Crippen LogP contribution >= 0.6 is 0 Å². The van der Waals surface area contributed by atoms with Crippen molar-refractivity contribution in [3.8, 4) is 17.2 Å². The second-order valence-electron chi connectivity index (χ2n) is 6.34. The molecule has 0 saturated heterocycles. The van der Waals surface area contributed by atoms with Gasteiger partial charge in [0.25, 0.3) is 0 Å². The number of hydrogen-bond donors (Lipinski definition) is 5. The standard InChI is InChI=1S/C19H22O5/c1-19(2,24)18(23)11-15-16(21)9-13(10-17(15)22)4-3-12-5-7-14(20)8-6-12/h3-10,18,20-24H,11H2,1-2H3/b4-3+/t18-/m1/s1. The summed E-state index contributed by atoms with van der Waals surface area (Å²) in [5, 5.41) is 49.1. The average Bonchev–Trinajstić information content (AvgIpc) is 2.49. The van der Waals surface area contributed by atoms with E-state index in [-0.39, 0.29) is 29.2 Å². The molecule has 1 atom stereocenters. The molecule has 0 aliphatic rings. The highest BCUT2D eigenvalue weighted by molar-refractivity contribution is 5.71. The molecule has 0 bridgehead atoms. The van der Waals surface area contributed by atoms with E-state index in [0.717, 1.165) is 5.56 Å². The first kappa shape index (κ1) is 17.8. The Morgan fingerprint density at radius 2 is 1.42 bits per heavy atom. The molecule has 5 nitrogen and oxygen atoms in total. The lowest BCUT2D eigenvalue weighted by Crippen LogP contribution is -2.37. The van der Waals surface area contributed by atoms with Crippen molar-refractivity contribution in [1.29, 1.82) is 0 Å². The van der Waals surface area contributed by atoms with Gasteiger partial charge in [-0.05, 0) is 49.2 Å². The van der Waals surface area contributed by atoms with Crippen LogP contribution in [-0.4, -0.2) is 37.2 Å². The zero-order valence-corrected chi connectivity index (χ0v) is 13.6. The van der Waals surface area contributed by atoms with Crippen LogP contribution in [0.25, 0.3) is 12.2 Å². The Morgan fingerprint density at radius 1 is 0.917 bits per heavy atom. The minimum absolute atomic E-state index is 0.0663. The molecule has 0 aliphatic heterocycles. The number of hydrogen-bond acceptors (Lipinski definition) is 5. The summed E-state index contributed by atoms with van der Waals surface area (Å²) in [5.74, 6) is -0.121. The molecule has 0 fully saturated rings. The number of aromatic hydroxyl groups is 3. The van der Waals surface area contributed by atoms with Crippen molar-refractivity contribution in [2.75, 3.05) is 0 Å². The van der Waals surface area contributed by atoms with Gasteiger partial charge in [0.15, 0.2) is 0 Å². The predicted molar refractivity (Wildman–Crippen MR) is 92.8 cm³/mol. The van der Waals surface area contributed by atoms with Gasteiger partial charge in [-0.2, -0.15) is 0 Å². The minimum Gasteiger partial charge on any atom is -0.508 e. The molecule has 0 unspecified atom stereocenters. The van der Waals surface area contributed by atoms with Crippen molar-refractivity contribution in [1.82, 2.24) is 0 Å². The van der Waals surface area contributed by atoms with Crippen LogP contribution in [0.5, 0.6) is 17.2 Å². The van der Waals surface area contributed by atoms with Gasteiger partial charge in [0.05, 0.1) is 11.7 Å². The molecule has 0 saturated carbocycles. The van der Waals surface area contributed by atoms with E-state index in [1.807, 2.05) is 0 Å². The highest BCUT2D eigenvalue weighted by atomic mass is 16.3. The maximum absolute atomic E-state index is 10.1. The molecular formula is C19H22O5. The lowest BCUT2D eigenvalue weighted by Gasteiger charge is -2.25. The highest BCUT2D eigenvalue weighted by Crippen LogP contribution is 2.32. The quantitative estimate of drug-likeness (QED) is 0.543. The zero-order valence-electron chi connectivity index (χ0n) is 13.6. The van der Waals surface area contributed by atoms with Crippen molar-refractivity contribution in [3.05, 3.63) is 53.1 Å².